The van der Waals surface area contributed by atoms with Crippen molar-refractivity contribution in [3.05, 3.63) is 92.9 Å². The molecule has 1 aliphatic heterocycles. The molecule has 2 heterocycles. The van der Waals surface area contributed by atoms with Crippen LogP contribution in [0.15, 0.2) is 53.3 Å². The lowest BCUT2D eigenvalue weighted by molar-refractivity contribution is 0.0253. The van der Waals surface area contributed by atoms with E-state index in [2.05, 4.69) is 10.3 Å². The highest BCUT2D eigenvalue weighted by molar-refractivity contribution is 5.97. The minimum atomic E-state index is -0.580. The predicted molar refractivity (Wildman–Crippen MR) is 129 cm³/mol. The molecule has 0 spiro atoms. The van der Waals surface area contributed by atoms with Crippen molar-refractivity contribution in [1.29, 1.82) is 0 Å². The summed E-state index contributed by atoms with van der Waals surface area (Å²) in [4.78, 5) is 45.0. The lowest BCUT2D eigenvalue weighted by Gasteiger charge is -2.26. The van der Waals surface area contributed by atoms with Gasteiger partial charge >= 0.3 is 0 Å². The lowest BCUT2D eigenvalue weighted by Crippen LogP contribution is -2.37. The normalized spacial score (nSPS) is 14.6. The van der Waals surface area contributed by atoms with E-state index in [1.54, 1.807) is 6.92 Å². The molecule has 36 heavy (non-hydrogen) atoms. The van der Waals surface area contributed by atoms with E-state index in [4.69, 9.17) is 9.47 Å². The maximum absolute atomic E-state index is 13.8. The van der Waals surface area contributed by atoms with Crippen molar-refractivity contribution in [3.8, 4) is 5.75 Å². The van der Waals surface area contributed by atoms with E-state index < -0.39 is 29.3 Å². The summed E-state index contributed by atoms with van der Waals surface area (Å²) in [7, 11) is 2.95. The Morgan fingerprint density at radius 3 is 2.72 bits per heavy atom. The molecule has 2 aromatic carbocycles. The number of nitrogens with one attached hydrogen (secondary N) is 1. The summed E-state index contributed by atoms with van der Waals surface area (Å²) < 4.78 is 26.7. The molecule has 188 valence electrons. The number of amides is 2. The van der Waals surface area contributed by atoms with Gasteiger partial charge in [0.2, 0.25) is 5.75 Å². The van der Waals surface area contributed by atoms with Crippen molar-refractivity contribution in [3.63, 3.8) is 0 Å². The fraction of sp³-hybridized carbons (Fsp3) is 0.308. The van der Waals surface area contributed by atoms with Gasteiger partial charge in [-0.15, -0.1) is 0 Å². The van der Waals surface area contributed by atoms with Crippen molar-refractivity contribution < 1.29 is 23.5 Å². The Kier molecular flexibility index (Phi) is 7.44. The first-order valence-corrected chi connectivity index (χ1v) is 11.5. The molecule has 2 amide bonds. The monoisotopic (exact) mass is 494 g/mol. The van der Waals surface area contributed by atoms with Gasteiger partial charge in [0.15, 0.2) is 5.69 Å². The fourth-order valence-electron chi connectivity index (χ4n) is 4.02. The highest BCUT2D eigenvalue weighted by Crippen LogP contribution is 2.24. The SMILES string of the molecule is CNC(=O)c1cc(F)ccc1CN(C)C(=O)c1nc2n(c(=O)c1OCc1ccccc1)CCOC2C. The average molecular weight is 495 g/mol. The average Bonchev–Trinajstić information content (AvgIpc) is 2.89. The van der Waals surface area contributed by atoms with E-state index in [0.717, 1.165) is 11.6 Å². The van der Waals surface area contributed by atoms with Gasteiger partial charge in [-0.3, -0.25) is 19.0 Å². The van der Waals surface area contributed by atoms with Crippen LogP contribution in [-0.2, 0) is 24.4 Å². The van der Waals surface area contributed by atoms with Gasteiger partial charge < -0.3 is 19.7 Å². The third kappa shape index (κ3) is 5.13. The van der Waals surface area contributed by atoms with Crippen molar-refractivity contribution in [1.82, 2.24) is 19.8 Å². The topological polar surface area (TPSA) is 103 Å². The molecule has 1 aliphatic rings. The van der Waals surface area contributed by atoms with Crippen LogP contribution in [0.3, 0.4) is 0 Å². The number of carbonyl (C=O) groups excluding carboxylic acids is 2. The second-order valence-electron chi connectivity index (χ2n) is 8.43. The molecule has 4 rings (SSSR count). The molecule has 0 bridgehead atoms. The van der Waals surface area contributed by atoms with Crippen LogP contribution in [0.4, 0.5) is 4.39 Å². The molecule has 1 aromatic heterocycles. The van der Waals surface area contributed by atoms with Crippen molar-refractivity contribution in [2.24, 2.45) is 0 Å². The number of carbonyl (C=O) groups is 2. The minimum absolute atomic E-state index is 0.0217. The van der Waals surface area contributed by atoms with Crippen LogP contribution in [0, 0.1) is 5.82 Å². The van der Waals surface area contributed by atoms with Crippen molar-refractivity contribution in [2.75, 3.05) is 20.7 Å². The Hall–Kier alpha value is -4.05. The molecule has 0 saturated carbocycles. The Bertz CT molecular complexity index is 1340. The van der Waals surface area contributed by atoms with Gasteiger partial charge in [-0.05, 0) is 30.2 Å². The number of hydrogen-bond acceptors (Lipinski definition) is 6. The minimum Gasteiger partial charge on any atom is -0.481 e. The number of ether oxygens (including phenoxy) is 2. The van der Waals surface area contributed by atoms with Gasteiger partial charge in [0, 0.05) is 26.2 Å². The molecule has 0 aliphatic carbocycles. The molecular weight excluding hydrogens is 467 g/mol. The maximum atomic E-state index is 13.8. The predicted octanol–water partition coefficient (Wildman–Crippen LogP) is 2.68. The first-order chi connectivity index (χ1) is 17.3. The Balaban J connectivity index is 1.70. The molecule has 1 atom stereocenters. The largest absolute Gasteiger partial charge is 0.481 e. The zero-order chi connectivity index (χ0) is 25.8. The molecular formula is C26H27FN4O5. The number of hydrogen-bond donors (Lipinski definition) is 1. The lowest BCUT2D eigenvalue weighted by atomic mass is 10.1. The zero-order valence-corrected chi connectivity index (χ0v) is 20.3. The summed E-state index contributed by atoms with van der Waals surface area (Å²) in [6, 6.07) is 13.0. The van der Waals surface area contributed by atoms with E-state index in [1.807, 2.05) is 30.3 Å². The summed E-state index contributed by atoms with van der Waals surface area (Å²) in [6.45, 7) is 2.45. The van der Waals surface area contributed by atoms with Crippen LogP contribution in [-0.4, -0.2) is 47.0 Å². The number of aromatic nitrogens is 2. The highest BCUT2D eigenvalue weighted by atomic mass is 19.1. The van der Waals surface area contributed by atoms with Crippen LogP contribution >= 0.6 is 0 Å². The van der Waals surface area contributed by atoms with E-state index in [9.17, 15) is 18.8 Å². The summed E-state index contributed by atoms with van der Waals surface area (Å²) in [5.41, 5.74) is 0.758. The summed E-state index contributed by atoms with van der Waals surface area (Å²) in [5, 5.41) is 2.47. The third-order valence-electron chi connectivity index (χ3n) is 5.93. The molecule has 9 nitrogen and oxygen atoms in total. The second kappa shape index (κ2) is 10.7. The number of benzene rings is 2. The molecule has 0 saturated heterocycles. The Morgan fingerprint density at radius 2 is 2.00 bits per heavy atom. The van der Waals surface area contributed by atoms with Gasteiger partial charge in [-0.1, -0.05) is 36.4 Å². The fourth-order valence-corrected chi connectivity index (χ4v) is 4.02. The van der Waals surface area contributed by atoms with Crippen LogP contribution < -0.4 is 15.6 Å². The second-order valence-corrected chi connectivity index (χ2v) is 8.43. The van der Waals surface area contributed by atoms with Crippen molar-refractivity contribution >= 4 is 11.8 Å². The zero-order valence-electron chi connectivity index (χ0n) is 20.3. The van der Waals surface area contributed by atoms with Crippen LogP contribution in [0.1, 0.15) is 50.8 Å². The third-order valence-corrected chi connectivity index (χ3v) is 5.93. The van der Waals surface area contributed by atoms with Gasteiger partial charge in [-0.25, -0.2) is 9.37 Å². The van der Waals surface area contributed by atoms with Crippen molar-refractivity contribution in [2.45, 2.75) is 32.7 Å². The first kappa shape index (κ1) is 25.1. The molecule has 0 radical (unpaired) electrons. The first-order valence-electron chi connectivity index (χ1n) is 11.5. The Morgan fingerprint density at radius 1 is 1.25 bits per heavy atom. The molecule has 1 unspecified atom stereocenters. The standard InChI is InChI=1S/C26H27FN4O5/c1-16-23-29-21(25(33)30(3)14-18-9-10-19(27)13-20(18)24(32)28-2)22(26(34)31(23)11-12-35-16)36-15-17-7-5-4-6-8-17/h4-10,13,16H,11-12,14-15H2,1-3H3,(H,28,32). The number of rotatable bonds is 7. The summed E-state index contributed by atoms with van der Waals surface area (Å²) in [6.07, 6.45) is -0.483. The Labute approximate surface area is 207 Å². The van der Waals surface area contributed by atoms with Crippen LogP contribution in [0.25, 0.3) is 0 Å². The highest BCUT2D eigenvalue weighted by Gasteiger charge is 2.30. The van der Waals surface area contributed by atoms with Gasteiger partial charge in [0.05, 0.1) is 13.2 Å². The van der Waals surface area contributed by atoms with E-state index in [1.165, 1.54) is 35.7 Å². The van der Waals surface area contributed by atoms with E-state index >= 15 is 0 Å². The van der Waals surface area contributed by atoms with Gasteiger partial charge in [0.1, 0.15) is 24.4 Å². The summed E-state index contributed by atoms with van der Waals surface area (Å²) >= 11 is 0. The number of nitrogens with zero attached hydrogens (tertiary/aromatic N) is 3. The van der Waals surface area contributed by atoms with E-state index in [0.29, 0.717) is 24.5 Å². The molecule has 1 N–H and O–H groups in total. The van der Waals surface area contributed by atoms with Crippen LogP contribution in [0.2, 0.25) is 0 Å². The number of fused-ring (bicyclic) bond motifs is 1. The van der Waals surface area contributed by atoms with Gasteiger partial charge in [-0.2, -0.15) is 0 Å². The van der Waals surface area contributed by atoms with Gasteiger partial charge in [0.25, 0.3) is 17.4 Å². The quantitative estimate of drug-likeness (QED) is 0.542. The number of halogens is 1. The summed E-state index contributed by atoms with van der Waals surface area (Å²) in [5.74, 6) is -1.44. The van der Waals surface area contributed by atoms with Crippen LogP contribution in [0.5, 0.6) is 5.75 Å². The van der Waals surface area contributed by atoms with E-state index in [-0.39, 0.29) is 30.2 Å². The molecule has 10 heteroatoms. The molecule has 0 fully saturated rings. The molecule has 3 aromatic rings. The smallest absolute Gasteiger partial charge is 0.296 e. The maximum Gasteiger partial charge on any atom is 0.296 e.